The van der Waals surface area contributed by atoms with Crippen molar-refractivity contribution in [1.29, 1.82) is 0 Å². The number of hydrogen-bond acceptors (Lipinski definition) is 6. The Labute approximate surface area is 170 Å². The molecule has 1 amide bonds. The maximum Gasteiger partial charge on any atom is 0.272 e. The number of fused-ring (bicyclic) bond motifs is 1. The molecule has 3 aromatic rings. The number of anilines is 1. The quantitative estimate of drug-likeness (QED) is 0.686. The van der Waals surface area contributed by atoms with Gasteiger partial charge in [0.2, 0.25) is 5.95 Å². The van der Waals surface area contributed by atoms with E-state index in [1.165, 1.54) is 0 Å². The van der Waals surface area contributed by atoms with Gasteiger partial charge in [-0.15, -0.1) is 0 Å². The van der Waals surface area contributed by atoms with Crippen LogP contribution in [-0.2, 0) is 6.42 Å². The van der Waals surface area contributed by atoms with Crippen LogP contribution < -0.4 is 10.2 Å². The van der Waals surface area contributed by atoms with Crippen molar-refractivity contribution in [3.8, 4) is 0 Å². The SMILES string of the molecule is CCc1nc(C(=O)NC(C)CN2CCN(c3ncccn3)CC2)c2ccccn12. The smallest absolute Gasteiger partial charge is 0.272 e. The Balaban J connectivity index is 1.33. The second-order valence-corrected chi connectivity index (χ2v) is 7.40. The highest BCUT2D eigenvalue weighted by molar-refractivity contribution is 5.99. The van der Waals surface area contributed by atoms with Crippen LogP contribution in [0.5, 0.6) is 0 Å². The van der Waals surface area contributed by atoms with Gasteiger partial charge in [-0.05, 0) is 25.1 Å². The van der Waals surface area contributed by atoms with Crippen molar-refractivity contribution in [2.75, 3.05) is 37.6 Å². The number of aromatic nitrogens is 4. The zero-order chi connectivity index (χ0) is 20.2. The molecule has 0 saturated carbocycles. The van der Waals surface area contributed by atoms with Crippen LogP contribution in [0.15, 0.2) is 42.9 Å². The van der Waals surface area contributed by atoms with Crippen LogP contribution >= 0.6 is 0 Å². The zero-order valence-electron chi connectivity index (χ0n) is 17.0. The third kappa shape index (κ3) is 4.22. The van der Waals surface area contributed by atoms with Gasteiger partial charge in [-0.1, -0.05) is 13.0 Å². The molecule has 1 N–H and O–H groups in total. The summed E-state index contributed by atoms with van der Waals surface area (Å²) in [6, 6.07) is 7.70. The van der Waals surface area contributed by atoms with E-state index in [1.807, 2.05) is 48.7 Å². The number of pyridine rings is 1. The molecule has 0 aromatic carbocycles. The van der Waals surface area contributed by atoms with E-state index in [0.717, 1.165) is 56.4 Å². The van der Waals surface area contributed by atoms with Crippen molar-refractivity contribution < 1.29 is 4.79 Å². The van der Waals surface area contributed by atoms with Crippen molar-refractivity contribution in [3.05, 3.63) is 54.4 Å². The van der Waals surface area contributed by atoms with Crippen molar-refractivity contribution in [2.45, 2.75) is 26.3 Å². The standard InChI is InChI=1S/C21H27N7O/c1-3-18-25-19(17-7-4-5-10-28(17)18)20(29)24-16(2)15-26-11-13-27(14-12-26)21-22-8-6-9-23-21/h4-10,16H,3,11-15H2,1-2H3,(H,24,29). The van der Waals surface area contributed by atoms with Crippen LogP contribution in [0.1, 0.15) is 30.2 Å². The average molecular weight is 393 g/mol. The summed E-state index contributed by atoms with van der Waals surface area (Å²) >= 11 is 0. The van der Waals surface area contributed by atoms with E-state index in [0.29, 0.717) is 5.69 Å². The Kier molecular flexibility index (Phi) is 5.71. The molecule has 1 unspecified atom stereocenters. The summed E-state index contributed by atoms with van der Waals surface area (Å²) < 4.78 is 1.99. The molecule has 8 heteroatoms. The number of nitrogens with one attached hydrogen (secondary N) is 1. The first kappa shape index (κ1) is 19.3. The van der Waals surface area contributed by atoms with E-state index in [-0.39, 0.29) is 11.9 Å². The summed E-state index contributed by atoms with van der Waals surface area (Å²) in [4.78, 5) is 30.6. The van der Waals surface area contributed by atoms with E-state index >= 15 is 0 Å². The van der Waals surface area contributed by atoms with Gasteiger partial charge >= 0.3 is 0 Å². The minimum atomic E-state index is -0.114. The van der Waals surface area contributed by atoms with Crippen LogP contribution in [0.25, 0.3) is 5.52 Å². The number of carbonyl (C=O) groups is 1. The number of piperazine rings is 1. The molecule has 1 saturated heterocycles. The van der Waals surface area contributed by atoms with Gasteiger partial charge in [0, 0.05) is 63.8 Å². The molecule has 1 fully saturated rings. The highest BCUT2D eigenvalue weighted by Gasteiger charge is 2.22. The number of nitrogens with zero attached hydrogens (tertiary/aromatic N) is 6. The third-order valence-corrected chi connectivity index (χ3v) is 5.27. The molecule has 1 atom stereocenters. The highest BCUT2D eigenvalue weighted by atomic mass is 16.2. The van der Waals surface area contributed by atoms with E-state index in [1.54, 1.807) is 12.4 Å². The molecule has 4 rings (SSSR count). The Hall–Kier alpha value is -3.00. The van der Waals surface area contributed by atoms with Crippen molar-refractivity contribution in [2.24, 2.45) is 0 Å². The van der Waals surface area contributed by atoms with Crippen molar-refractivity contribution >= 4 is 17.4 Å². The zero-order valence-corrected chi connectivity index (χ0v) is 17.0. The summed E-state index contributed by atoms with van der Waals surface area (Å²) in [5.41, 5.74) is 1.35. The fourth-order valence-corrected chi connectivity index (χ4v) is 3.83. The monoisotopic (exact) mass is 393 g/mol. The molecule has 8 nitrogen and oxygen atoms in total. The summed E-state index contributed by atoms with van der Waals surface area (Å²) in [5, 5.41) is 3.12. The molecule has 1 aliphatic rings. The number of aryl methyl sites for hydroxylation is 1. The van der Waals surface area contributed by atoms with E-state index in [9.17, 15) is 4.79 Å². The van der Waals surface area contributed by atoms with Crippen molar-refractivity contribution in [1.82, 2.24) is 29.6 Å². The van der Waals surface area contributed by atoms with Gasteiger partial charge in [0.1, 0.15) is 5.82 Å². The van der Waals surface area contributed by atoms with Crippen LogP contribution in [0.3, 0.4) is 0 Å². The minimum absolute atomic E-state index is 0.0348. The van der Waals surface area contributed by atoms with Crippen LogP contribution in [0.4, 0.5) is 5.95 Å². The van der Waals surface area contributed by atoms with Gasteiger partial charge in [-0.3, -0.25) is 9.69 Å². The maximum absolute atomic E-state index is 12.8. The molecule has 0 bridgehead atoms. The van der Waals surface area contributed by atoms with Gasteiger partial charge in [0.05, 0.1) is 5.52 Å². The summed E-state index contributed by atoms with van der Waals surface area (Å²) in [5.74, 6) is 1.57. The molecule has 4 heterocycles. The number of carbonyl (C=O) groups excluding carboxylic acids is 1. The molecule has 0 aliphatic carbocycles. The Morgan fingerprint density at radius 1 is 1.14 bits per heavy atom. The lowest BCUT2D eigenvalue weighted by atomic mass is 10.2. The Morgan fingerprint density at radius 3 is 2.62 bits per heavy atom. The minimum Gasteiger partial charge on any atom is -0.347 e. The van der Waals surface area contributed by atoms with Crippen LogP contribution in [0.2, 0.25) is 0 Å². The summed E-state index contributed by atoms with van der Waals surface area (Å²) in [6.45, 7) is 8.52. The van der Waals surface area contributed by atoms with E-state index < -0.39 is 0 Å². The first-order valence-corrected chi connectivity index (χ1v) is 10.2. The second kappa shape index (κ2) is 8.57. The van der Waals surface area contributed by atoms with Gasteiger partial charge in [0.15, 0.2) is 5.69 Å². The van der Waals surface area contributed by atoms with Crippen LogP contribution in [-0.4, -0.2) is 68.9 Å². The number of amides is 1. The third-order valence-electron chi connectivity index (χ3n) is 5.27. The molecular weight excluding hydrogens is 366 g/mol. The summed E-state index contributed by atoms with van der Waals surface area (Å²) in [6.07, 6.45) is 6.28. The van der Waals surface area contributed by atoms with E-state index in [2.05, 4.69) is 30.1 Å². The lowest BCUT2D eigenvalue weighted by Gasteiger charge is -2.35. The first-order valence-electron chi connectivity index (χ1n) is 10.2. The van der Waals surface area contributed by atoms with Gasteiger partial charge in [0.25, 0.3) is 5.91 Å². The molecule has 1 aliphatic heterocycles. The number of rotatable bonds is 6. The number of hydrogen-bond donors (Lipinski definition) is 1. The Morgan fingerprint density at radius 2 is 1.90 bits per heavy atom. The van der Waals surface area contributed by atoms with Gasteiger partial charge in [-0.25, -0.2) is 15.0 Å². The van der Waals surface area contributed by atoms with Gasteiger partial charge < -0.3 is 14.6 Å². The molecule has 3 aromatic heterocycles. The fraction of sp³-hybridized carbons (Fsp3) is 0.429. The van der Waals surface area contributed by atoms with Crippen LogP contribution in [0, 0.1) is 0 Å². The fourth-order valence-electron chi connectivity index (χ4n) is 3.83. The van der Waals surface area contributed by atoms with Crippen molar-refractivity contribution in [3.63, 3.8) is 0 Å². The maximum atomic E-state index is 12.8. The van der Waals surface area contributed by atoms with E-state index in [4.69, 9.17) is 0 Å². The molecule has 0 spiro atoms. The predicted octanol–water partition coefficient (Wildman–Crippen LogP) is 1.63. The largest absolute Gasteiger partial charge is 0.347 e. The van der Waals surface area contributed by atoms with Gasteiger partial charge in [-0.2, -0.15) is 0 Å². The molecule has 0 radical (unpaired) electrons. The molecule has 152 valence electrons. The lowest BCUT2D eigenvalue weighted by molar-refractivity contribution is 0.0925. The number of imidazole rings is 1. The highest BCUT2D eigenvalue weighted by Crippen LogP contribution is 2.14. The first-order chi connectivity index (χ1) is 14.2. The average Bonchev–Trinajstić information content (AvgIpc) is 3.14. The topological polar surface area (TPSA) is 78.7 Å². The predicted molar refractivity (Wildman–Crippen MR) is 112 cm³/mol. The molecule has 29 heavy (non-hydrogen) atoms. The second-order valence-electron chi connectivity index (χ2n) is 7.40. The Bertz CT molecular complexity index is 964. The lowest BCUT2D eigenvalue weighted by Crippen LogP contribution is -2.51. The summed E-state index contributed by atoms with van der Waals surface area (Å²) in [7, 11) is 0. The molecular formula is C21H27N7O. The normalized spacial score (nSPS) is 16.1.